The molecule has 0 N–H and O–H groups in total. The Morgan fingerprint density at radius 3 is 2.71 bits per heavy atom. The summed E-state index contributed by atoms with van der Waals surface area (Å²) in [5.41, 5.74) is 4.75. The second-order valence-corrected chi connectivity index (χ2v) is 7.25. The molecular weight excluding hydrogens is 318 g/mol. The number of aryl methyl sites for hydroxylation is 2. The van der Waals surface area contributed by atoms with E-state index < -0.39 is 0 Å². The van der Waals surface area contributed by atoms with Crippen molar-refractivity contribution >= 4 is 23.4 Å². The monoisotopic (exact) mass is 345 g/mol. The van der Waals surface area contributed by atoms with Gasteiger partial charge >= 0.3 is 0 Å². The molecule has 24 heavy (non-hydrogen) atoms. The van der Waals surface area contributed by atoms with Crippen LogP contribution in [0, 0.1) is 13.8 Å². The maximum atomic E-state index is 5.65. The van der Waals surface area contributed by atoms with E-state index in [4.69, 9.17) is 4.74 Å². The van der Waals surface area contributed by atoms with Gasteiger partial charge in [-0.05, 0) is 57.4 Å². The van der Waals surface area contributed by atoms with Gasteiger partial charge in [0.1, 0.15) is 5.01 Å². The van der Waals surface area contributed by atoms with E-state index in [9.17, 15) is 0 Å². The highest BCUT2D eigenvalue weighted by Crippen LogP contribution is 2.27. The first-order chi connectivity index (χ1) is 11.4. The lowest BCUT2D eigenvalue weighted by atomic mass is 10.0. The Balaban J connectivity index is 2.15. The molecule has 0 aliphatic rings. The largest absolute Gasteiger partial charge is 0.474 e. The fraction of sp³-hybridized carbons (Fsp3) is 0.474. The van der Waals surface area contributed by atoms with Gasteiger partial charge in [-0.3, -0.25) is 0 Å². The number of benzene rings is 1. The number of ether oxygens (including phenoxy) is 1. The standard InChI is InChI=1S/C19H27N3OS/c1-7-22(6)12-20-17-9-14(4)16(8-15(17)5)10-19-21-18(11-24-19)23-13(2)3/h8-9,11-13H,7,10H2,1-6H3/b20-12+. The molecule has 0 aliphatic heterocycles. The van der Waals surface area contributed by atoms with Crippen LogP contribution >= 0.6 is 11.3 Å². The van der Waals surface area contributed by atoms with Crippen molar-refractivity contribution in [2.24, 2.45) is 4.99 Å². The normalized spacial score (nSPS) is 11.5. The van der Waals surface area contributed by atoms with Crippen LogP contribution in [0.4, 0.5) is 5.69 Å². The number of aliphatic imine (C=N–C) groups is 1. The molecule has 5 heteroatoms. The molecule has 0 bridgehead atoms. The van der Waals surface area contributed by atoms with Crippen LogP contribution in [-0.4, -0.2) is 35.9 Å². The predicted octanol–water partition coefficient (Wildman–Crippen LogP) is 4.75. The zero-order valence-electron chi connectivity index (χ0n) is 15.5. The molecule has 2 aromatic rings. The number of thiazole rings is 1. The third kappa shape index (κ3) is 5.06. The third-order valence-corrected chi connectivity index (χ3v) is 4.60. The molecule has 4 nitrogen and oxygen atoms in total. The third-order valence-electron chi connectivity index (χ3n) is 3.78. The minimum absolute atomic E-state index is 0.155. The Bertz CT molecular complexity index is 707. The number of hydrogen-bond acceptors (Lipinski definition) is 4. The summed E-state index contributed by atoms with van der Waals surface area (Å²) in [7, 11) is 2.03. The van der Waals surface area contributed by atoms with Crippen molar-refractivity contribution in [1.29, 1.82) is 0 Å². The maximum absolute atomic E-state index is 5.65. The van der Waals surface area contributed by atoms with Crippen LogP contribution in [0.25, 0.3) is 0 Å². The minimum Gasteiger partial charge on any atom is -0.474 e. The van der Waals surface area contributed by atoms with Crippen LogP contribution in [0.5, 0.6) is 5.88 Å². The fourth-order valence-corrected chi connectivity index (χ4v) is 2.99. The van der Waals surface area contributed by atoms with Crippen molar-refractivity contribution in [3.8, 4) is 5.88 Å². The molecule has 0 amide bonds. The Kier molecular flexibility index (Phi) is 6.37. The molecule has 0 radical (unpaired) electrons. The van der Waals surface area contributed by atoms with Gasteiger partial charge in [0.15, 0.2) is 0 Å². The summed E-state index contributed by atoms with van der Waals surface area (Å²) in [5, 5.41) is 3.06. The molecule has 0 spiro atoms. The van der Waals surface area contributed by atoms with Crippen LogP contribution in [0.2, 0.25) is 0 Å². The summed E-state index contributed by atoms with van der Waals surface area (Å²) in [5.74, 6) is 0.725. The first-order valence-corrected chi connectivity index (χ1v) is 9.22. The van der Waals surface area contributed by atoms with Gasteiger partial charge in [-0.2, -0.15) is 0 Å². The second-order valence-electron chi connectivity index (χ2n) is 6.31. The lowest BCUT2D eigenvalue weighted by Crippen LogP contribution is -2.14. The van der Waals surface area contributed by atoms with Gasteiger partial charge < -0.3 is 9.64 Å². The van der Waals surface area contributed by atoms with Crippen LogP contribution in [0.3, 0.4) is 0 Å². The van der Waals surface area contributed by atoms with Crippen molar-refractivity contribution in [2.75, 3.05) is 13.6 Å². The zero-order chi connectivity index (χ0) is 17.7. The van der Waals surface area contributed by atoms with E-state index in [-0.39, 0.29) is 6.10 Å². The van der Waals surface area contributed by atoms with E-state index >= 15 is 0 Å². The molecule has 130 valence electrons. The molecule has 0 aliphatic carbocycles. The molecule has 0 unspecified atom stereocenters. The first-order valence-electron chi connectivity index (χ1n) is 8.34. The van der Waals surface area contributed by atoms with Crippen LogP contribution in [0.1, 0.15) is 42.5 Å². The highest BCUT2D eigenvalue weighted by molar-refractivity contribution is 7.09. The van der Waals surface area contributed by atoms with Crippen molar-refractivity contribution in [3.05, 3.63) is 39.2 Å². The number of aromatic nitrogens is 1. The summed E-state index contributed by atoms with van der Waals surface area (Å²) in [6.45, 7) is 11.3. The number of nitrogens with zero attached hydrogens (tertiary/aromatic N) is 3. The van der Waals surface area contributed by atoms with E-state index in [1.807, 2.05) is 32.6 Å². The van der Waals surface area contributed by atoms with E-state index in [1.54, 1.807) is 11.3 Å². The smallest absolute Gasteiger partial charge is 0.224 e. The van der Waals surface area contributed by atoms with Crippen molar-refractivity contribution in [3.63, 3.8) is 0 Å². The van der Waals surface area contributed by atoms with Gasteiger partial charge in [0, 0.05) is 20.0 Å². The lowest BCUT2D eigenvalue weighted by molar-refractivity contribution is 0.234. The highest BCUT2D eigenvalue weighted by Gasteiger charge is 2.09. The van der Waals surface area contributed by atoms with Gasteiger partial charge in [0.2, 0.25) is 5.88 Å². The van der Waals surface area contributed by atoms with E-state index in [0.717, 1.165) is 29.5 Å². The Morgan fingerprint density at radius 1 is 1.29 bits per heavy atom. The topological polar surface area (TPSA) is 37.7 Å². The molecule has 0 saturated carbocycles. The average Bonchev–Trinajstić information content (AvgIpc) is 2.95. The van der Waals surface area contributed by atoms with Crippen molar-refractivity contribution in [2.45, 2.75) is 47.1 Å². The molecule has 1 aromatic carbocycles. The van der Waals surface area contributed by atoms with Crippen molar-refractivity contribution < 1.29 is 4.74 Å². The van der Waals surface area contributed by atoms with Gasteiger partial charge in [-0.25, -0.2) is 9.98 Å². The molecule has 0 atom stereocenters. The summed E-state index contributed by atoms with van der Waals surface area (Å²) >= 11 is 1.65. The highest BCUT2D eigenvalue weighted by atomic mass is 32.1. The summed E-state index contributed by atoms with van der Waals surface area (Å²) < 4.78 is 5.65. The zero-order valence-corrected chi connectivity index (χ0v) is 16.3. The maximum Gasteiger partial charge on any atom is 0.224 e. The van der Waals surface area contributed by atoms with Crippen LogP contribution in [0.15, 0.2) is 22.5 Å². The molecular formula is C19H27N3OS. The average molecular weight is 346 g/mol. The molecule has 2 rings (SSSR count). The molecule has 1 aromatic heterocycles. The quantitative estimate of drug-likeness (QED) is 0.537. The SMILES string of the molecule is CCN(C)/C=N/c1cc(C)c(Cc2nc(OC(C)C)cs2)cc1C. The summed E-state index contributed by atoms with van der Waals surface area (Å²) in [6, 6.07) is 4.38. The molecule has 0 fully saturated rings. The second kappa shape index (κ2) is 8.29. The van der Waals surface area contributed by atoms with Crippen molar-refractivity contribution in [1.82, 2.24) is 9.88 Å². The minimum atomic E-state index is 0.155. The van der Waals surface area contributed by atoms with Crippen LogP contribution < -0.4 is 4.74 Å². The number of rotatable bonds is 7. The summed E-state index contributed by atoms with van der Waals surface area (Å²) in [6.07, 6.45) is 2.87. The van der Waals surface area contributed by atoms with E-state index in [1.165, 1.54) is 16.7 Å². The van der Waals surface area contributed by atoms with E-state index in [0.29, 0.717) is 0 Å². The molecule has 0 saturated heterocycles. The Labute approximate surface area is 149 Å². The predicted molar refractivity (Wildman–Crippen MR) is 103 cm³/mol. The Hall–Kier alpha value is -1.88. The van der Waals surface area contributed by atoms with Gasteiger partial charge in [0.05, 0.1) is 23.5 Å². The molecule has 1 heterocycles. The first kappa shape index (κ1) is 18.5. The van der Waals surface area contributed by atoms with E-state index in [2.05, 4.69) is 47.8 Å². The van der Waals surface area contributed by atoms with Crippen LogP contribution in [-0.2, 0) is 6.42 Å². The van der Waals surface area contributed by atoms with Gasteiger partial charge in [-0.1, -0.05) is 6.07 Å². The van der Waals surface area contributed by atoms with Gasteiger partial charge in [0.25, 0.3) is 0 Å². The summed E-state index contributed by atoms with van der Waals surface area (Å²) in [4.78, 5) is 11.2. The lowest BCUT2D eigenvalue weighted by Gasteiger charge is -2.11. The number of hydrogen-bond donors (Lipinski definition) is 0. The fourth-order valence-electron chi connectivity index (χ4n) is 2.27. The van der Waals surface area contributed by atoms with Gasteiger partial charge in [-0.15, -0.1) is 11.3 Å². The Morgan fingerprint density at radius 2 is 2.04 bits per heavy atom.